The zero-order valence-corrected chi connectivity index (χ0v) is 10.3. The molecule has 0 aromatic heterocycles. The maximum atomic E-state index is 2.22. The summed E-state index contributed by atoms with van der Waals surface area (Å²) >= 11 is 0. The molecule has 2 aliphatic carbocycles. The third kappa shape index (κ3) is 2.14. The normalized spacial score (nSPS) is 13.8. The van der Waals surface area contributed by atoms with Gasteiger partial charge in [0.15, 0.2) is 0 Å². The predicted molar refractivity (Wildman–Crippen MR) is 77.6 cm³/mol. The third-order valence-electron chi connectivity index (χ3n) is 3.36. The second-order valence-electron chi connectivity index (χ2n) is 4.58. The number of rotatable bonds is 0. The predicted octanol–water partition coefficient (Wildman–Crippen LogP) is 4.76. The molecule has 88 valence electrons. The Morgan fingerprint density at radius 1 is 0.611 bits per heavy atom. The van der Waals surface area contributed by atoms with Crippen LogP contribution in [0.1, 0.15) is 17.5 Å². The van der Waals surface area contributed by atoms with Crippen LogP contribution in [0.5, 0.6) is 0 Å². The summed E-state index contributed by atoms with van der Waals surface area (Å²) in [5.41, 5.74) is 5.75. The van der Waals surface area contributed by atoms with Crippen molar-refractivity contribution >= 4 is 0 Å². The smallest absolute Gasteiger partial charge is 0.00135 e. The molecular formula is C18H16. The minimum absolute atomic E-state index is 1.10. The quantitative estimate of drug-likeness (QED) is 0.524. The number of hydrogen-bond acceptors (Lipinski definition) is 0. The Morgan fingerprint density at radius 2 is 1.11 bits per heavy atom. The summed E-state index contributed by atoms with van der Waals surface area (Å²) in [4.78, 5) is 0. The number of fused-ring (bicyclic) bond motifs is 3. The minimum atomic E-state index is 1.10. The Kier molecular flexibility index (Phi) is 3.10. The molecule has 4 rings (SSSR count). The molecule has 0 spiro atoms. The first-order valence-corrected chi connectivity index (χ1v) is 6.43. The highest BCUT2D eigenvalue weighted by Gasteiger charge is 2.15. The fourth-order valence-electron chi connectivity index (χ4n) is 2.47. The van der Waals surface area contributed by atoms with Crippen molar-refractivity contribution in [1.82, 2.24) is 0 Å². The Morgan fingerprint density at radius 3 is 1.56 bits per heavy atom. The van der Waals surface area contributed by atoms with E-state index < -0.39 is 0 Å². The van der Waals surface area contributed by atoms with Crippen molar-refractivity contribution in [1.29, 1.82) is 0 Å². The van der Waals surface area contributed by atoms with Crippen molar-refractivity contribution in [2.75, 3.05) is 0 Å². The van der Waals surface area contributed by atoms with Crippen LogP contribution < -0.4 is 0 Å². The number of allylic oxidation sites excluding steroid dienone is 4. The minimum Gasteiger partial charge on any atom is -0.0808 e. The molecule has 18 heavy (non-hydrogen) atoms. The fraction of sp³-hybridized carbons (Fsp3) is 0.111. The van der Waals surface area contributed by atoms with Gasteiger partial charge in [0.25, 0.3) is 0 Å². The Bertz CT molecular complexity index is 549. The van der Waals surface area contributed by atoms with Gasteiger partial charge in [-0.25, -0.2) is 0 Å². The van der Waals surface area contributed by atoms with Crippen LogP contribution in [0.2, 0.25) is 0 Å². The second kappa shape index (κ2) is 5.05. The highest BCUT2D eigenvalue weighted by atomic mass is 14.2. The van der Waals surface area contributed by atoms with E-state index in [1.165, 1.54) is 22.3 Å². The van der Waals surface area contributed by atoms with Gasteiger partial charge < -0.3 is 0 Å². The lowest BCUT2D eigenvalue weighted by molar-refractivity contribution is 1.26. The van der Waals surface area contributed by atoms with E-state index >= 15 is 0 Å². The van der Waals surface area contributed by atoms with Gasteiger partial charge in [-0.2, -0.15) is 0 Å². The number of hydrogen-bond donors (Lipinski definition) is 0. The fourth-order valence-corrected chi connectivity index (χ4v) is 2.47. The van der Waals surface area contributed by atoms with E-state index in [4.69, 9.17) is 0 Å². The zero-order valence-electron chi connectivity index (χ0n) is 10.3. The Hall–Kier alpha value is -2.08. The molecule has 0 saturated carbocycles. The monoisotopic (exact) mass is 232 g/mol. The molecule has 0 nitrogen and oxygen atoms in total. The topological polar surface area (TPSA) is 0 Å². The summed E-state index contributed by atoms with van der Waals surface area (Å²) in [7, 11) is 0. The first-order chi connectivity index (χ1) is 8.95. The first kappa shape index (κ1) is 11.0. The molecule has 2 aromatic rings. The highest BCUT2D eigenvalue weighted by molar-refractivity contribution is 5.76. The van der Waals surface area contributed by atoms with Gasteiger partial charge in [0.1, 0.15) is 0 Å². The molecule has 2 aliphatic rings. The first-order valence-electron chi connectivity index (χ1n) is 6.43. The summed E-state index contributed by atoms with van der Waals surface area (Å²) in [6, 6.07) is 17.3. The van der Waals surface area contributed by atoms with Crippen molar-refractivity contribution in [2.45, 2.75) is 12.8 Å². The van der Waals surface area contributed by atoms with Crippen LogP contribution in [-0.4, -0.2) is 0 Å². The molecular weight excluding hydrogens is 216 g/mol. The summed E-state index contributed by atoms with van der Waals surface area (Å²) in [6.45, 7) is 0. The van der Waals surface area contributed by atoms with Crippen molar-refractivity contribution in [3.8, 4) is 11.1 Å². The lowest BCUT2D eigenvalue weighted by Gasteiger charge is -1.98. The summed E-state index contributed by atoms with van der Waals surface area (Å²) in [5.74, 6) is 0. The largest absolute Gasteiger partial charge is 0.0808 e. The van der Waals surface area contributed by atoms with E-state index in [0.717, 1.165) is 12.8 Å². The molecule has 0 unspecified atom stereocenters. The Balaban J connectivity index is 0.000000169. The van der Waals surface area contributed by atoms with E-state index in [1.54, 1.807) is 0 Å². The van der Waals surface area contributed by atoms with E-state index in [9.17, 15) is 0 Å². The van der Waals surface area contributed by atoms with Crippen LogP contribution in [0.15, 0.2) is 72.8 Å². The van der Waals surface area contributed by atoms with Crippen LogP contribution in [0, 0.1) is 0 Å². The molecule has 0 heterocycles. The SMILES string of the molecule is C1=CCC=C1.c1ccc2c(c1)Cc1ccccc1-2. The van der Waals surface area contributed by atoms with Crippen LogP contribution in [0.4, 0.5) is 0 Å². The second-order valence-corrected chi connectivity index (χ2v) is 4.58. The lowest BCUT2D eigenvalue weighted by atomic mass is 10.1. The van der Waals surface area contributed by atoms with Crippen molar-refractivity contribution < 1.29 is 0 Å². The van der Waals surface area contributed by atoms with Gasteiger partial charge in [0.2, 0.25) is 0 Å². The van der Waals surface area contributed by atoms with Crippen LogP contribution in [0.3, 0.4) is 0 Å². The lowest BCUT2D eigenvalue weighted by Crippen LogP contribution is -1.77. The molecule has 2 aromatic carbocycles. The average molecular weight is 232 g/mol. The molecule has 0 heteroatoms. The van der Waals surface area contributed by atoms with Gasteiger partial charge in [0.05, 0.1) is 0 Å². The van der Waals surface area contributed by atoms with Gasteiger partial charge in [-0.1, -0.05) is 72.8 Å². The van der Waals surface area contributed by atoms with Crippen LogP contribution in [-0.2, 0) is 6.42 Å². The van der Waals surface area contributed by atoms with E-state index in [-0.39, 0.29) is 0 Å². The van der Waals surface area contributed by atoms with Gasteiger partial charge in [-0.15, -0.1) is 0 Å². The van der Waals surface area contributed by atoms with Gasteiger partial charge in [0, 0.05) is 0 Å². The summed E-state index contributed by atoms with van der Waals surface area (Å²) < 4.78 is 0. The summed E-state index contributed by atoms with van der Waals surface area (Å²) in [6.07, 6.45) is 10.6. The third-order valence-corrected chi connectivity index (χ3v) is 3.36. The number of benzene rings is 2. The van der Waals surface area contributed by atoms with E-state index in [2.05, 4.69) is 72.8 Å². The summed E-state index contributed by atoms with van der Waals surface area (Å²) in [5, 5.41) is 0. The van der Waals surface area contributed by atoms with Crippen LogP contribution in [0.25, 0.3) is 11.1 Å². The highest BCUT2D eigenvalue weighted by Crippen LogP contribution is 2.35. The molecule has 0 N–H and O–H groups in total. The molecule has 0 saturated heterocycles. The molecule has 0 amide bonds. The molecule has 0 fully saturated rings. The average Bonchev–Trinajstić information content (AvgIpc) is 3.10. The van der Waals surface area contributed by atoms with E-state index in [0.29, 0.717) is 0 Å². The maximum absolute atomic E-state index is 2.22. The molecule has 0 radical (unpaired) electrons. The molecule has 0 bridgehead atoms. The van der Waals surface area contributed by atoms with Crippen molar-refractivity contribution in [2.24, 2.45) is 0 Å². The standard InChI is InChI=1S/C13H10.C5H6/c1-3-7-12-10(5-1)9-11-6-2-4-8-13(11)12;1-2-4-5-3-1/h1-8H,9H2;1-4H,5H2. The van der Waals surface area contributed by atoms with Gasteiger partial charge in [-0.05, 0) is 35.1 Å². The maximum Gasteiger partial charge on any atom is -0.00135 e. The molecule has 0 aliphatic heterocycles. The van der Waals surface area contributed by atoms with Crippen LogP contribution >= 0.6 is 0 Å². The van der Waals surface area contributed by atoms with Gasteiger partial charge in [-0.3, -0.25) is 0 Å². The molecule has 0 atom stereocenters. The van der Waals surface area contributed by atoms with Gasteiger partial charge >= 0.3 is 0 Å². The van der Waals surface area contributed by atoms with Crippen molar-refractivity contribution in [3.05, 3.63) is 84.0 Å². The van der Waals surface area contributed by atoms with Crippen molar-refractivity contribution in [3.63, 3.8) is 0 Å². The van der Waals surface area contributed by atoms with E-state index in [1.807, 2.05) is 0 Å². The Labute approximate surface area is 108 Å². The zero-order chi connectivity index (χ0) is 12.2.